The van der Waals surface area contributed by atoms with Crippen LogP contribution in [0.2, 0.25) is 5.02 Å². The first-order valence-electron chi connectivity index (χ1n) is 7.07. The number of halogens is 1. The van der Waals surface area contributed by atoms with Crippen molar-refractivity contribution in [3.05, 3.63) is 59.1 Å². The molecular weight excluding hydrogens is 336 g/mol. The van der Waals surface area contributed by atoms with Crippen molar-refractivity contribution in [2.45, 2.75) is 16.1 Å². The summed E-state index contributed by atoms with van der Waals surface area (Å²) < 4.78 is 30.6. The Bertz CT molecular complexity index is 813. The van der Waals surface area contributed by atoms with Gasteiger partial charge in [-0.25, -0.2) is 8.42 Å². The van der Waals surface area contributed by atoms with E-state index in [4.69, 9.17) is 16.3 Å². The van der Waals surface area contributed by atoms with E-state index in [0.717, 1.165) is 11.8 Å². The quantitative estimate of drug-likeness (QED) is 0.777. The fourth-order valence-corrected chi connectivity index (χ4v) is 5.12. The van der Waals surface area contributed by atoms with Gasteiger partial charge in [-0.1, -0.05) is 23.7 Å². The molecule has 120 valence electrons. The molecule has 0 heterocycles. The first-order chi connectivity index (χ1) is 11.0. The van der Waals surface area contributed by atoms with Gasteiger partial charge in [-0.3, -0.25) is 0 Å². The molecule has 2 aromatic rings. The summed E-state index contributed by atoms with van der Waals surface area (Å²) in [6, 6.07) is 13.2. The van der Waals surface area contributed by atoms with Gasteiger partial charge in [-0.05, 0) is 42.0 Å². The van der Waals surface area contributed by atoms with Gasteiger partial charge in [0.1, 0.15) is 12.0 Å². The lowest BCUT2D eigenvalue weighted by atomic mass is 10.1. The summed E-state index contributed by atoms with van der Waals surface area (Å²) in [6.45, 7) is 0. The minimum atomic E-state index is -3.58. The summed E-state index contributed by atoms with van der Waals surface area (Å²) in [5, 5.41) is -0.257. The smallest absolute Gasteiger partial charge is 0.182 e. The average Bonchev–Trinajstić information content (AvgIpc) is 3.31. The van der Waals surface area contributed by atoms with Crippen LogP contribution in [0.3, 0.4) is 0 Å². The highest BCUT2D eigenvalue weighted by Crippen LogP contribution is 2.53. The van der Waals surface area contributed by atoms with Crippen LogP contribution in [0, 0.1) is 5.92 Å². The number of sulfone groups is 1. The monoisotopic (exact) mass is 350 g/mol. The molecule has 1 aliphatic carbocycles. The fraction of sp³-hybridized carbons (Fsp3) is 0.235. The summed E-state index contributed by atoms with van der Waals surface area (Å²) >= 11 is 5.80. The van der Waals surface area contributed by atoms with Gasteiger partial charge in [-0.15, -0.1) is 0 Å². The molecule has 0 aliphatic heterocycles. The summed E-state index contributed by atoms with van der Waals surface area (Å²) in [5.74, 6) is -0.155. The molecular formula is C17H15ClO4S. The minimum absolute atomic E-state index is 0.190. The third kappa shape index (κ3) is 2.86. The van der Waals surface area contributed by atoms with Crippen molar-refractivity contribution in [3.63, 3.8) is 0 Å². The Morgan fingerprint density at radius 2 is 1.65 bits per heavy atom. The molecule has 23 heavy (non-hydrogen) atoms. The molecule has 0 aromatic heterocycles. The number of carbonyl (C=O) groups is 1. The molecule has 0 saturated heterocycles. The van der Waals surface area contributed by atoms with E-state index in [1.54, 1.807) is 31.4 Å². The largest absolute Gasteiger partial charge is 0.497 e. The SMILES string of the molecule is COc1ccc([C@H]2[C@@H](C=O)[C@@H]2S(=O)(=O)c2ccc(Cl)cc2)cc1. The van der Waals surface area contributed by atoms with Crippen LogP contribution < -0.4 is 4.74 Å². The molecule has 4 nitrogen and oxygen atoms in total. The van der Waals surface area contributed by atoms with Crippen molar-refractivity contribution >= 4 is 27.7 Å². The van der Waals surface area contributed by atoms with Crippen molar-refractivity contribution in [3.8, 4) is 5.75 Å². The Morgan fingerprint density at radius 1 is 1.04 bits per heavy atom. The van der Waals surface area contributed by atoms with Gasteiger partial charge in [0.05, 0.1) is 17.3 Å². The van der Waals surface area contributed by atoms with Gasteiger partial charge in [0.2, 0.25) is 0 Å². The lowest BCUT2D eigenvalue weighted by Gasteiger charge is -2.05. The van der Waals surface area contributed by atoms with E-state index < -0.39 is 21.0 Å². The first-order valence-corrected chi connectivity index (χ1v) is 9.00. The summed E-state index contributed by atoms with van der Waals surface area (Å²) in [4.78, 5) is 11.5. The zero-order valence-corrected chi connectivity index (χ0v) is 13.9. The molecule has 0 radical (unpaired) electrons. The highest BCUT2D eigenvalue weighted by molar-refractivity contribution is 7.92. The Labute approximate surface area is 140 Å². The van der Waals surface area contributed by atoms with Crippen LogP contribution in [0.25, 0.3) is 0 Å². The van der Waals surface area contributed by atoms with E-state index in [9.17, 15) is 13.2 Å². The molecule has 1 aliphatic rings. The third-order valence-corrected chi connectivity index (χ3v) is 6.67. The number of hydrogen-bond acceptors (Lipinski definition) is 4. The van der Waals surface area contributed by atoms with Crippen LogP contribution in [0.5, 0.6) is 5.75 Å². The molecule has 6 heteroatoms. The lowest BCUT2D eigenvalue weighted by molar-refractivity contribution is -0.108. The number of rotatable bonds is 5. The van der Waals surface area contributed by atoms with Crippen LogP contribution in [-0.2, 0) is 14.6 Å². The molecule has 3 atom stereocenters. The Morgan fingerprint density at radius 3 is 2.17 bits per heavy atom. The normalized spacial score (nSPS) is 23.3. The van der Waals surface area contributed by atoms with E-state index in [1.165, 1.54) is 24.3 Å². The van der Waals surface area contributed by atoms with Gasteiger partial charge in [0.25, 0.3) is 0 Å². The van der Waals surface area contributed by atoms with Crippen molar-refractivity contribution in [1.29, 1.82) is 0 Å². The summed E-state index contributed by atoms with van der Waals surface area (Å²) in [7, 11) is -2.01. The molecule has 0 bridgehead atoms. The maximum absolute atomic E-state index is 12.8. The Balaban J connectivity index is 1.92. The number of benzene rings is 2. The van der Waals surface area contributed by atoms with E-state index >= 15 is 0 Å². The molecule has 2 aromatic carbocycles. The van der Waals surface area contributed by atoms with Crippen LogP contribution in [0.1, 0.15) is 11.5 Å². The van der Waals surface area contributed by atoms with E-state index in [-0.39, 0.29) is 10.8 Å². The predicted octanol–water partition coefficient (Wildman–Crippen LogP) is 3.10. The van der Waals surface area contributed by atoms with Gasteiger partial charge >= 0.3 is 0 Å². The molecule has 0 amide bonds. The predicted molar refractivity (Wildman–Crippen MR) is 87.7 cm³/mol. The second-order valence-corrected chi connectivity index (χ2v) is 8.02. The number of aldehydes is 1. The number of carbonyl (C=O) groups excluding carboxylic acids is 1. The van der Waals surface area contributed by atoms with E-state index in [1.807, 2.05) is 0 Å². The molecule has 0 unspecified atom stereocenters. The Kier molecular flexibility index (Phi) is 4.17. The molecule has 3 rings (SSSR count). The topological polar surface area (TPSA) is 60.4 Å². The third-order valence-electron chi connectivity index (χ3n) is 4.17. The number of hydrogen-bond donors (Lipinski definition) is 0. The lowest BCUT2D eigenvalue weighted by Crippen LogP contribution is -2.11. The van der Waals surface area contributed by atoms with Gasteiger partial charge < -0.3 is 9.53 Å². The zero-order chi connectivity index (χ0) is 16.6. The minimum Gasteiger partial charge on any atom is -0.497 e. The summed E-state index contributed by atoms with van der Waals surface area (Å²) in [6.07, 6.45) is 0.729. The standard InChI is InChI=1S/C17H15ClO4S/c1-22-13-6-2-11(3-7-13)16-15(10-19)17(16)23(20,21)14-8-4-12(18)5-9-14/h2-10,15-17H,1H3/t15-,16+,17+/m1/s1. The zero-order valence-electron chi connectivity index (χ0n) is 12.3. The van der Waals surface area contributed by atoms with Crippen molar-refractivity contribution in [2.24, 2.45) is 5.92 Å². The molecule has 0 spiro atoms. The van der Waals surface area contributed by atoms with Crippen molar-refractivity contribution in [2.75, 3.05) is 7.11 Å². The van der Waals surface area contributed by atoms with Crippen LogP contribution in [0.4, 0.5) is 0 Å². The highest BCUT2D eigenvalue weighted by Gasteiger charge is 2.59. The van der Waals surface area contributed by atoms with Crippen LogP contribution >= 0.6 is 11.6 Å². The fourth-order valence-electron chi connectivity index (χ4n) is 2.89. The maximum atomic E-state index is 12.8. The second-order valence-electron chi connectivity index (χ2n) is 5.48. The molecule has 1 saturated carbocycles. The average molecular weight is 351 g/mol. The molecule has 1 fully saturated rings. The number of ether oxygens (including phenoxy) is 1. The van der Waals surface area contributed by atoms with Gasteiger partial charge in [0.15, 0.2) is 9.84 Å². The van der Waals surface area contributed by atoms with Gasteiger partial charge in [-0.2, -0.15) is 0 Å². The van der Waals surface area contributed by atoms with Gasteiger partial charge in [0, 0.05) is 16.9 Å². The van der Waals surface area contributed by atoms with Crippen LogP contribution in [0.15, 0.2) is 53.4 Å². The summed E-state index contributed by atoms with van der Waals surface area (Å²) in [5.41, 5.74) is 0.824. The number of methoxy groups -OCH3 is 1. The van der Waals surface area contributed by atoms with Crippen molar-refractivity contribution in [1.82, 2.24) is 0 Å². The second kappa shape index (κ2) is 5.98. The maximum Gasteiger partial charge on any atom is 0.182 e. The first kappa shape index (κ1) is 16.0. The van der Waals surface area contributed by atoms with Crippen molar-refractivity contribution < 1.29 is 17.9 Å². The van der Waals surface area contributed by atoms with Crippen LogP contribution in [-0.4, -0.2) is 27.1 Å². The van der Waals surface area contributed by atoms with E-state index in [0.29, 0.717) is 10.8 Å². The molecule has 0 N–H and O–H groups in total. The highest BCUT2D eigenvalue weighted by atomic mass is 35.5. The Hall–Kier alpha value is -1.85. The van der Waals surface area contributed by atoms with E-state index in [2.05, 4.69) is 0 Å².